The number of aliphatic imine (C=N–C) groups is 1. The van der Waals surface area contributed by atoms with Crippen LogP contribution in [0.3, 0.4) is 0 Å². The summed E-state index contributed by atoms with van der Waals surface area (Å²) in [4.78, 5) is 4.21. The lowest BCUT2D eigenvalue weighted by atomic mass is 9.98. The Hall–Kier alpha value is -1.75. The summed E-state index contributed by atoms with van der Waals surface area (Å²) in [5.74, 6) is 1.77. The minimum absolute atomic E-state index is 0.399. The van der Waals surface area contributed by atoms with Gasteiger partial charge in [-0.1, -0.05) is 18.6 Å². The van der Waals surface area contributed by atoms with E-state index in [0.717, 1.165) is 31.4 Å². The predicted molar refractivity (Wildman–Crippen MR) is 98.6 cm³/mol. The molecule has 0 bridgehead atoms. The second kappa shape index (κ2) is 10.9. The van der Waals surface area contributed by atoms with Crippen LogP contribution in [0.4, 0.5) is 0 Å². The van der Waals surface area contributed by atoms with Crippen LogP contribution in [0.25, 0.3) is 0 Å². The third kappa shape index (κ3) is 6.79. The Labute approximate surface area is 145 Å². The van der Waals surface area contributed by atoms with Gasteiger partial charge in [0.05, 0.1) is 12.7 Å². The summed E-state index contributed by atoms with van der Waals surface area (Å²) in [6, 6.07) is 8.35. The monoisotopic (exact) mass is 333 g/mol. The summed E-state index contributed by atoms with van der Waals surface area (Å²) in [7, 11) is 1.77. The van der Waals surface area contributed by atoms with Crippen molar-refractivity contribution in [3.8, 4) is 5.75 Å². The van der Waals surface area contributed by atoms with E-state index in [1.165, 1.54) is 37.7 Å². The molecule has 2 N–H and O–H groups in total. The molecule has 134 valence electrons. The van der Waals surface area contributed by atoms with Gasteiger partial charge in [-0.15, -0.1) is 0 Å². The molecule has 0 aliphatic heterocycles. The molecule has 0 amide bonds. The minimum atomic E-state index is 0.399. The van der Waals surface area contributed by atoms with Crippen molar-refractivity contribution in [2.75, 3.05) is 26.8 Å². The number of nitrogens with one attached hydrogen (secondary N) is 2. The maximum Gasteiger partial charge on any atom is 0.191 e. The average Bonchev–Trinajstić information content (AvgIpc) is 2.63. The molecule has 0 saturated heterocycles. The molecule has 0 aromatic heterocycles. The van der Waals surface area contributed by atoms with E-state index < -0.39 is 0 Å². The summed E-state index contributed by atoms with van der Waals surface area (Å²) >= 11 is 0. The van der Waals surface area contributed by atoms with Gasteiger partial charge in [-0.2, -0.15) is 0 Å². The van der Waals surface area contributed by atoms with Gasteiger partial charge in [0.15, 0.2) is 5.96 Å². The Balaban J connectivity index is 1.72. The van der Waals surface area contributed by atoms with Crippen LogP contribution in [0.15, 0.2) is 29.3 Å². The van der Waals surface area contributed by atoms with Gasteiger partial charge in [0.1, 0.15) is 5.75 Å². The number of hydrogen-bond donors (Lipinski definition) is 2. The molecule has 1 saturated carbocycles. The summed E-state index contributed by atoms with van der Waals surface area (Å²) in [5, 5.41) is 6.54. The molecule has 5 heteroatoms. The van der Waals surface area contributed by atoms with Crippen LogP contribution in [-0.2, 0) is 11.3 Å². The van der Waals surface area contributed by atoms with Crippen molar-refractivity contribution in [2.45, 2.75) is 51.7 Å². The predicted octanol–water partition coefficient (Wildman–Crippen LogP) is 3.10. The molecule has 0 heterocycles. The normalized spacial score (nSPS) is 16.0. The third-order valence-corrected chi connectivity index (χ3v) is 4.20. The smallest absolute Gasteiger partial charge is 0.191 e. The average molecular weight is 333 g/mol. The topological polar surface area (TPSA) is 54.9 Å². The molecule has 1 aliphatic rings. The zero-order chi connectivity index (χ0) is 17.0. The van der Waals surface area contributed by atoms with Crippen LogP contribution in [0, 0.1) is 0 Å². The molecule has 0 unspecified atom stereocenters. The summed E-state index contributed by atoms with van der Waals surface area (Å²) < 4.78 is 11.4. The van der Waals surface area contributed by atoms with Crippen molar-refractivity contribution in [1.82, 2.24) is 10.6 Å². The number of hydrogen-bond acceptors (Lipinski definition) is 3. The lowest BCUT2D eigenvalue weighted by molar-refractivity contribution is 0.152. The van der Waals surface area contributed by atoms with Crippen LogP contribution in [0.1, 0.15) is 44.6 Å². The molecular weight excluding hydrogens is 302 g/mol. The quantitative estimate of drug-likeness (QED) is 0.436. The van der Waals surface area contributed by atoms with Gasteiger partial charge in [0.25, 0.3) is 0 Å². The van der Waals surface area contributed by atoms with Gasteiger partial charge in [0.2, 0.25) is 0 Å². The highest BCUT2D eigenvalue weighted by Gasteiger charge is 2.14. The number of benzene rings is 1. The van der Waals surface area contributed by atoms with Gasteiger partial charge < -0.3 is 20.1 Å². The highest BCUT2D eigenvalue weighted by atomic mass is 16.5. The van der Waals surface area contributed by atoms with Gasteiger partial charge in [-0.05, 0) is 50.3 Å². The van der Waals surface area contributed by atoms with Crippen molar-refractivity contribution in [1.29, 1.82) is 0 Å². The zero-order valence-electron chi connectivity index (χ0n) is 15.0. The van der Waals surface area contributed by atoms with E-state index >= 15 is 0 Å². The van der Waals surface area contributed by atoms with E-state index in [1.807, 2.05) is 6.92 Å². The Morgan fingerprint density at radius 3 is 2.54 bits per heavy atom. The molecule has 2 rings (SSSR count). The Morgan fingerprint density at radius 2 is 1.88 bits per heavy atom. The standard InChI is InChI=1S/C19H31N3O2/c1-3-23-14-13-21-19(20-2)22-15-16-9-11-18(12-10-16)24-17-7-5-4-6-8-17/h9-12,17H,3-8,13-15H2,1-2H3,(H2,20,21,22). The molecule has 0 atom stereocenters. The van der Waals surface area contributed by atoms with Crippen LogP contribution < -0.4 is 15.4 Å². The largest absolute Gasteiger partial charge is 0.490 e. The highest BCUT2D eigenvalue weighted by molar-refractivity contribution is 5.79. The van der Waals surface area contributed by atoms with Gasteiger partial charge in [-0.3, -0.25) is 4.99 Å². The lowest BCUT2D eigenvalue weighted by Crippen LogP contribution is -2.38. The second-order valence-corrected chi connectivity index (χ2v) is 6.07. The van der Waals surface area contributed by atoms with Crippen molar-refractivity contribution in [2.24, 2.45) is 4.99 Å². The number of guanidine groups is 1. The molecule has 1 aromatic carbocycles. The van der Waals surface area contributed by atoms with Gasteiger partial charge in [-0.25, -0.2) is 0 Å². The van der Waals surface area contributed by atoms with Crippen LogP contribution in [-0.4, -0.2) is 38.9 Å². The lowest BCUT2D eigenvalue weighted by Gasteiger charge is -2.23. The fourth-order valence-electron chi connectivity index (χ4n) is 2.85. The van der Waals surface area contributed by atoms with E-state index in [9.17, 15) is 0 Å². The fourth-order valence-corrected chi connectivity index (χ4v) is 2.85. The summed E-state index contributed by atoms with van der Waals surface area (Å²) in [6.07, 6.45) is 6.71. The van der Waals surface area contributed by atoms with E-state index in [-0.39, 0.29) is 0 Å². The zero-order valence-corrected chi connectivity index (χ0v) is 15.0. The maximum absolute atomic E-state index is 6.06. The molecular formula is C19H31N3O2. The van der Waals surface area contributed by atoms with Gasteiger partial charge in [0, 0.05) is 26.7 Å². The number of ether oxygens (including phenoxy) is 2. The maximum atomic E-state index is 6.06. The molecule has 1 fully saturated rings. The Morgan fingerprint density at radius 1 is 1.12 bits per heavy atom. The van der Waals surface area contributed by atoms with Crippen LogP contribution >= 0.6 is 0 Å². The summed E-state index contributed by atoms with van der Waals surface area (Å²) in [5.41, 5.74) is 1.21. The van der Waals surface area contributed by atoms with Crippen molar-refractivity contribution in [3.05, 3.63) is 29.8 Å². The van der Waals surface area contributed by atoms with Crippen molar-refractivity contribution >= 4 is 5.96 Å². The minimum Gasteiger partial charge on any atom is -0.490 e. The first-order valence-electron chi connectivity index (χ1n) is 9.09. The Bertz CT molecular complexity index is 482. The van der Waals surface area contributed by atoms with E-state index in [1.54, 1.807) is 7.05 Å². The third-order valence-electron chi connectivity index (χ3n) is 4.20. The first-order chi connectivity index (χ1) is 11.8. The molecule has 0 radical (unpaired) electrons. The van der Waals surface area contributed by atoms with Crippen molar-refractivity contribution < 1.29 is 9.47 Å². The van der Waals surface area contributed by atoms with Gasteiger partial charge >= 0.3 is 0 Å². The fraction of sp³-hybridized carbons (Fsp3) is 0.632. The first-order valence-corrected chi connectivity index (χ1v) is 9.09. The second-order valence-electron chi connectivity index (χ2n) is 6.07. The molecule has 5 nitrogen and oxygen atoms in total. The first kappa shape index (κ1) is 18.6. The number of rotatable bonds is 8. The Kier molecular flexibility index (Phi) is 8.46. The van der Waals surface area contributed by atoms with E-state index in [4.69, 9.17) is 9.47 Å². The van der Waals surface area contributed by atoms with Crippen LogP contribution in [0.5, 0.6) is 5.75 Å². The summed E-state index contributed by atoms with van der Waals surface area (Å²) in [6.45, 7) is 4.90. The molecule has 1 aromatic rings. The van der Waals surface area contributed by atoms with E-state index in [0.29, 0.717) is 12.7 Å². The van der Waals surface area contributed by atoms with Crippen LogP contribution in [0.2, 0.25) is 0 Å². The van der Waals surface area contributed by atoms with Crippen molar-refractivity contribution in [3.63, 3.8) is 0 Å². The molecule has 1 aliphatic carbocycles. The molecule has 0 spiro atoms. The molecule has 24 heavy (non-hydrogen) atoms. The highest BCUT2D eigenvalue weighted by Crippen LogP contribution is 2.23. The van der Waals surface area contributed by atoms with E-state index in [2.05, 4.69) is 39.9 Å². The SMILES string of the molecule is CCOCCNC(=NC)NCc1ccc(OC2CCCCC2)cc1. The number of nitrogens with zero attached hydrogens (tertiary/aromatic N) is 1.